The Morgan fingerprint density at radius 1 is 0.384 bits per heavy atom. The van der Waals surface area contributed by atoms with Gasteiger partial charge >= 0.3 is 22.6 Å². The van der Waals surface area contributed by atoms with Crippen LogP contribution >= 0.6 is 0 Å². The SMILES string of the molecule is Cc1cc(-c2c3c4cc(C)c(O)cc4oc(=O)c3n3ccc4cc(O)c(C)cc4c23)ccc1O.Cc1cc2cc([N+](=O)[O-])c(=O)oc2cc1C.Cc1ccc(-c2c3c4cc(C)c(C)cc4oc(=O)c3n3ccc4cc(OCc5ccccc5)c(C)cc4c23)cc1C.Cc1ccc(Cc2nccc3cc(C)c(C)cc23)cc1C. The maximum absolute atomic E-state index is 13.6. The van der Waals surface area contributed by atoms with Crippen LogP contribution < -0.4 is 21.6 Å². The molecule has 0 aliphatic rings. The first-order valence-corrected chi connectivity index (χ1v) is 37.0. The van der Waals surface area contributed by atoms with Crippen LogP contribution in [0.5, 0.6) is 23.0 Å². The van der Waals surface area contributed by atoms with E-state index < -0.39 is 21.9 Å². The molecule has 0 aliphatic heterocycles. The predicted octanol–water partition coefficient (Wildman–Crippen LogP) is 22.6. The number of nitro groups is 1. The van der Waals surface area contributed by atoms with E-state index in [9.17, 15) is 39.8 Å². The minimum Gasteiger partial charge on any atom is -0.508 e. The summed E-state index contributed by atoms with van der Waals surface area (Å²) in [5, 5.41) is 51.5. The van der Waals surface area contributed by atoms with E-state index in [0.717, 1.165) is 117 Å². The number of phenols is 3. The summed E-state index contributed by atoms with van der Waals surface area (Å²) < 4.78 is 26.6. The van der Waals surface area contributed by atoms with Crippen molar-refractivity contribution in [3.05, 3.63) is 337 Å². The van der Waals surface area contributed by atoms with Gasteiger partial charge in [-0.15, -0.1) is 0 Å². The molecule has 0 fully saturated rings. The van der Waals surface area contributed by atoms with Crippen molar-refractivity contribution in [3.63, 3.8) is 0 Å². The molecule has 3 N–H and O–H groups in total. The Morgan fingerprint density at radius 2 is 0.848 bits per heavy atom. The predicted molar refractivity (Wildman–Crippen MR) is 450 cm³/mol. The van der Waals surface area contributed by atoms with Gasteiger partial charge in [0.2, 0.25) is 0 Å². The van der Waals surface area contributed by atoms with Gasteiger partial charge in [-0.1, -0.05) is 78.9 Å². The maximum atomic E-state index is 13.6. The molecule has 18 aromatic rings. The third-order valence-corrected chi connectivity index (χ3v) is 22.1. The van der Waals surface area contributed by atoms with Gasteiger partial charge in [-0.2, -0.15) is 0 Å². The van der Waals surface area contributed by atoms with Gasteiger partial charge in [-0.25, -0.2) is 14.4 Å². The Balaban J connectivity index is 0.000000125. The molecule has 0 saturated carbocycles. The molecule has 18 rings (SSSR count). The summed E-state index contributed by atoms with van der Waals surface area (Å²) in [5.41, 5.74) is 24.3. The quantitative estimate of drug-likeness (QED) is 0.0732. The van der Waals surface area contributed by atoms with Gasteiger partial charge in [0.05, 0.1) is 21.7 Å². The summed E-state index contributed by atoms with van der Waals surface area (Å²) in [4.78, 5) is 52.6. The molecule has 0 atom stereocenters. The number of pyridine rings is 3. The van der Waals surface area contributed by atoms with Gasteiger partial charge in [-0.05, 0) is 304 Å². The summed E-state index contributed by atoms with van der Waals surface area (Å²) in [6.45, 7) is 28.9. The first-order valence-electron chi connectivity index (χ1n) is 37.0. The van der Waals surface area contributed by atoms with Gasteiger partial charge < -0.3 is 42.1 Å². The minimum atomic E-state index is -0.916. The number of phenolic OH excluding ortho intramolecular Hbond substituents is 3. The molecule has 16 heteroatoms. The second-order valence-corrected chi connectivity index (χ2v) is 29.8. The number of aryl methyl sites for hydroxylation is 14. The molecule has 0 bridgehead atoms. The number of hydrogen-bond donors (Lipinski definition) is 3. The van der Waals surface area contributed by atoms with Crippen LogP contribution in [0.4, 0.5) is 5.69 Å². The van der Waals surface area contributed by atoms with Crippen LogP contribution in [0, 0.1) is 107 Å². The molecule has 0 aliphatic carbocycles. The van der Waals surface area contributed by atoms with E-state index in [-0.39, 0.29) is 22.9 Å². The molecule has 0 radical (unpaired) electrons. The summed E-state index contributed by atoms with van der Waals surface area (Å²) in [6, 6.07) is 59.5. The number of ether oxygens (including phenoxy) is 1. The first-order chi connectivity index (χ1) is 53.6. The minimum absolute atomic E-state index is 0.0531. The zero-order valence-electron chi connectivity index (χ0n) is 64.8. The van der Waals surface area contributed by atoms with Gasteiger partial charge in [-0.3, -0.25) is 15.1 Å². The van der Waals surface area contributed by atoms with Crippen molar-refractivity contribution >= 4 is 104 Å². The number of hydrogen-bond acceptors (Lipinski definition) is 13. The van der Waals surface area contributed by atoms with Gasteiger partial charge in [0.25, 0.3) is 0 Å². The highest BCUT2D eigenvalue weighted by molar-refractivity contribution is 6.23. The summed E-state index contributed by atoms with van der Waals surface area (Å²) in [7, 11) is 0. The van der Waals surface area contributed by atoms with Crippen molar-refractivity contribution in [2.24, 2.45) is 0 Å². The summed E-state index contributed by atoms with van der Waals surface area (Å²) >= 11 is 0. The molecule has 0 saturated heterocycles. The lowest BCUT2D eigenvalue weighted by Gasteiger charge is -2.13. The fraction of sp³-hybridized carbons (Fsp3) is 0.167. The Hall–Kier alpha value is -13.6. The third kappa shape index (κ3) is 13.6. The number of benzene rings is 10. The Kier molecular flexibility index (Phi) is 19.2. The summed E-state index contributed by atoms with van der Waals surface area (Å²) in [6.07, 6.45) is 6.61. The lowest BCUT2D eigenvalue weighted by Crippen LogP contribution is -2.06. The second-order valence-electron chi connectivity index (χ2n) is 29.8. The Labute approximate surface area is 644 Å². The molecule has 0 unspecified atom stereocenters. The summed E-state index contributed by atoms with van der Waals surface area (Å²) in [5.74, 6) is 1.29. The van der Waals surface area contributed by atoms with E-state index in [1.54, 1.807) is 31.2 Å². The maximum Gasteiger partial charge on any atom is 0.415 e. The highest BCUT2D eigenvalue weighted by Crippen LogP contribution is 2.46. The first kappa shape index (κ1) is 73.9. The van der Waals surface area contributed by atoms with Gasteiger partial charge in [0.15, 0.2) is 0 Å². The molecular formula is C96H82N4O12. The van der Waals surface area contributed by atoms with Crippen LogP contribution in [-0.4, -0.2) is 34.0 Å². The van der Waals surface area contributed by atoms with Crippen LogP contribution in [0.3, 0.4) is 0 Å². The fourth-order valence-electron chi connectivity index (χ4n) is 15.1. The van der Waals surface area contributed by atoms with Gasteiger partial charge in [0, 0.05) is 91.4 Å². The normalized spacial score (nSPS) is 11.5. The lowest BCUT2D eigenvalue weighted by molar-refractivity contribution is -0.387. The van der Waals surface area contributed by atoms with Gasteiger partial charge in [0.1, 0.15) is 57.4 Å². The van der Waals surface area contributed by atoms with E-state index >= 15 is 0 Å². The molecule has 558 valence electrons. The van der Waals surface area contributed by atoms with E-state index in [1.165, 1.54) is 67.5 Å². The standard InChI is InChI=1S/C37H31NO3.C28H21NO5.C20H21N.C11H9NO4/c1-21-11-12-28(15-22(21)2)33-34-30-16-23(3)24(4)18-32(30)41-37(39)36(34)38-14-13-27-19-31(25(5)17-29(27)35(33)38)40-20-26-9-7-6-8-10-26;1-13-8-17(4-5-20(13)30)24-25-19-10-15(3)22(32)12-23(19)34-28(33)27(25)29-7-6-16-11-21(31)14(2)9-18(16)26(24)29;1-13-5-6-17(9-14(13)2)12-20-19-11-16(4)15(3)10-18(19)7-8-21-20;1-6-3-8-5-9(12(14)15)11(13)16-10(8)4-7(6)2/h6-19H,20H2,1-5H3;4-12,30-32H,1-3H3;5-11H,12H2,1-4H3;3-5H,1-2H3. The second kappa shape index (κ2) is 29.1. The number of aromatic nitrogens is 3. The number of aromatic hydroxyl groups is 3. The van der Waals surface area contributed by atoms with Crippen molar-refractivity contribution < 1.29 is 38.2 Å². The lowest BCUT2D eigenvalue weighted by atomic mass is 9.95. The van der Waals surface area contributed by atoms with E-state index in [4.69, 9.17) is 18.0 Å². The van der Waals surface area contributed by atoms with Crippen LogP contribution in [0.1, 0.15) is 94.7 Å². The number of fused-ring (bicyclic) bond motifs is 16. The smallest absolute Gasteiger partial charge is 0.415 e. The fourth-order valence-corrected chi connectivity index (χ4v) is 15.1. The third-order valence-electron chi connectivity index (χ3n) is 22.1. The van der Waals surface area contributed by atoms with E-state index in [2.05, 4.69) is 151 Å². The van der Waals surface area contributed by atoms with Crippen molar-refractivity contribution in [2.45, 2.75) is 110 Å². The molecule has 8 aromatic heterocycles. The molecule has 16 nitrogen and oxygen atoms in total. The van der Waals surface area contributed by atoms with Crippen molar-refractivity contribution in [1.29, 1.82) is 0 Å². The highest BCUT2D eigenvalue weighted by Gasteiger charge is 2.27. The molecule has 112 heavy (non-hydrogen) atoms. The van der Waals surface area contributed by atoms with Crippen LogP contribution in [0.15, 0.2) is 228 Å². The van der Waals surface area contributed by atoms with Crippen molar-refractivity contribution in [1.82, 2.24) is 13.8 Å². The van der Waals surface area contributed by atoms with Crippen LogP contribution in [0.2, 0.25) is 0 Å². The number of nitrogens with zero attached hydrogens (tertiary/aromatic N) is 4. The molecular weight excluding hydrogens is 1400 g/mol. The average molecular weight is 1480 g/mol. The van der Waals surface area contributed by atoms with Crippen LogP contribution in [-0.2, 0) is 13.0 Å². The monoisotopic (exact) mass is 1480 g/mol. The zero-order chi connectivity index (χ0) is 79.2. The molecule has 0 spiro atoms. The van der Waals surface area contributed by atoms with Crippen molar-refractivity contribution in [3.8, 4) is 45.3 Å². The largest absolute Gasteiger partial charge is 0.508 e. The molecule has 10 aromatic carbocycles. The Morgan fingerprint density at radius 3 is 1.45 bits per heavy atom. The number of rotatable bonds is 8. The van der Waals surface area contributed by atoms with Crippen molar-refractivity contribution in [2.75, 3.05) is 0 Å². The van der Waals surface area contributed by atoms with Crippen LogP contribution in [0.25, 0.3) is 120 Å². The molecule has 0 amide bonds. The average Bonchev–Trinajstić information content (AvgIpc) is 1.55. The topological polar surface area (TPSA) is 225 Å². The highest BCUT2D eigenvalue weighted by atomic mass is 16.6. The zero-order valence-corrected chi connectivity index (χ0v) is 64.8. The Bertz CT molecular complexity index is 7180. The molecule has 8 heterocycles. The van der Waals surface area contributed by atoms with E-state index in [1.807, 2.05) is 117 Å². The van der Waals surface area contributed by atoms with E-state index in [0.29, 0.717) is 61.7 Å².